The van der Waals surface area contributed by atoms with Crippen LogP contribution >= 0.6 is 0 Å². The highest BCUT2D eigenvalue weighted by Gasteiger charge is 2.28. The van der Waals surface area contributed by atoms with Crippen LogP contribution in [-0.2, 0) is 22.5 Å². The number of likely N-dealkylation sites (tertiary alicyclic amines) is 1. The Balaban J connectivity index is 1.80. The third-order valence-corrected chi connectivity index (χ3v) is 4.62. The van der Waals surface area contributed by atoms with Crippen LogP contribution in [0.3, 0.4) is 0 Å². The number of benzene rings is 2. The predicted molar refractivity (Wildman–Crippen MR) is 99.9 cm³/mol. The second-order valence-electron chi connectivity index (χ2n) is 6.38. The van der Waals surface area contributed by atoms with Gasteiger partial charge < -0.3 is 9.64 Å². The van der Waals surface area contributed by atoms with Gasteiger partial charge in [0.25, 0.3) is 0 Å². The smallest absolute Gasteiger partial charge is 0.332 e. The molecule has 1 heterocycles. The quantitative estimate of drug-likeness (QED) is 0.581. The fourth-order valence-corrected chi connectivity index (χ4v) is 3.43. The van der Waals surface area contributed by atoms with E-state index < -0.39 is 0 Å². The lowest BCUT2D eigenvalue weighted by Gasteiger charge is -2.28. The molecule has 1 aliphatic rings. The molecule has 3 heteroatoms. The largest absolute Gasteiger partial charge is 0.463 e. The number of rotatable bonds is 6. The van der Waals surface area contributed by atoms with E-state index in [-0.39, 0.29) is 5.97 Å². The van der Waals surface area contributed by atoms with Crippen LogP contribution in [0, 0.1) is 0 Å². The van der Waals surface area contributed by atoms with E-state index in [1.54, 1.807) is 6.08 Å². The van der Waals surface area contributed by atoms with Gasteiger partial charge in [-0.15, -0.1) is 0 Å². The van der Waals surface area contributed by atoms with Crippen molar-refractivity contribution >= 4 is 5.97 Å². The van der Waals surface area contributed by atoms with Gasteiger partial charge in [-0.25, -0.2) is 4.79 Å². The van der Waals surface area contributed by atoms with E-state index in [9.17, 15) is 4.79 Å². The van der Waals surface area contributed by atoms with Crippen LogP contribution in [0.4, 0.5) is 0 Å². The number of carbonyl (C=O) groups excluding carboxylic acids is 1. The maximum Gasteiger partial charge on any atom is 0.332 e. The summed E-state index contributed by atoms with van der Waals surface area (Å²) in [7, 11) is 0. The van der Waals surface area contributed by atoms with Gasteiger partial charge >= 0.3 is 5.97 Å². The topological polar surface area (TPSA) is 29.5 Å². The Morgan fingerprint density at radius 3 is 2.36 bits per heavy atom. The minimum absolute atomic E-state index is 0.240. The Morgan fingerprint density at radius 1 is 1.08 bits per heavy atom. The molecule has 0 aromatic heterocycles. The minimum atomic E-state index is -0.240. The second-order valence-corrected chi connectivity index (χ2v) is 6.38. The lowest BCUT2D eigenvalue weighted by molar-refractivity contribution is -0.137. The molecule has 1 saturated heterocycles. The second kappa shape index (κ2) is 8.52. The molecule has 1 fully saturated rings. The Labute approximate surface area is 149 Å². The van der Waals surface area contributed by atoms with Crippen molar-refractivity contribution in [2.75, 3.05) is 6.61 Å². The molecular formula is C22H25NO2. The highest BCUT2D eigenvalue weighted by atomic mass is 16.5. The van der Waals surface area contributed by atoms with Crippen molar-refractivity contribution in [1.82, 2.24) is 4.90 Å². The Morgan fingerprint density at radius 2 is 1.72 bits per heavy atom. The lowest BCUT2D eigenvalue weighted by atomic mass is 10.0. The fraction of sp³-hybridized carbons (Fsp3) is 0.318. The first-order chi connectivity index (χ1) is 12.3. The molecule has 0 bridgehead atoms. The highest BCUT2D eigenvalue weighted by Crippen LogP contribution is 2.31. The van der Waals surface area contributed by atoms with Crippen LogP contribution in [0.1, 0.15) is 30.9 Å². The summed E-state index contributed by atoms with van der Waals surface area (Å²) in [5, 5.41) is 0. The molecule has 130 valence electrons. The molecule has 0 N–H and O–H groups in total. The van der Waals surface area contributed by atoms with Crippen molar-refractivity contribution in [3.05, 3.63) is 83.6 Å². The average molecular weight is 335 g/mol. The maximum atomic E-state index is 11.9. The van der Waals surface area contributed by atoms with Gasteiger partial charge in [-0.2, -0.15) is 0 Å². The van der Waals surface area contributed by atoms with Crippen molar-refractivity contribution in [2.45, 2.75) is 38.8 Å². The van der Waals surface area contributed by atoms with E-state index in [1.165, 1.54) is 11.1 Å². The molecule has 25 heavy (non-hydrogen) atoms. The molecule has 0 aliphatic carbocycles. The lowest BCUT2D eigenvalue weighted by Crippen LogP contribution is -2.30. The molecule has 0 saturated carbocycles. The summed E-state index contributed by atoms with van der Waals surface area (Å²) in [5.74, 6) is -0.240. The zero-order chi connectivity index (χ0) is 17.5. The minimum Gasteiger partial charge on any atom is -0.463 e. The summed E-state index contributed by atoms with van der Waals surface area (Å²) >= 11 is 0. The molecule has 0 spiro atoms. The van der Waals surface area contributed by atoms with Gasteiger partial charge in [-0.05, 0) is 37.3 Å². The summed E-state index contributed by atoms with van der Waals surface area (Å²) in [6.45, 7) is 3.07. The molecule has 2 aromatic carbocycles. The molecule has 1 unspecified atom stereocenters. The summed E-state index contributed by atoms with van der Waals surface area (Å²) in [5.41, 5.74) is 3.68. The molecule has 1 aliphatic heterocycles. The number of allylic oxidation sites excluding steroid dienone is 1. The average Bonchev–Trinajstić information content (AvgIpc) is 2.98. The Kier molecular flexibility index (Phi) is 5.89. The Hall–Kier alpha value is -2.55. The fourth-order valence-electron chi connectivity index (χ4n) is 3.43. The van der Waals surface area contributed by atoms with E-state index in [0.29, 0.717) is 12.6 Å². The van der Waals surface area contributed by atoms with Gasteiger partial charge in [0.2, 0.25) is 0 Å². The predicted octanol–water partition coefficient (Wildman–Crippen LogP) is 4.34. The van der Waals surface area contributed by atoms with Crippen molar-refractivity contribution in [1.29, 1.82) is 0 Å². The van der Waals surface area contributed by atoms with E-state index >= 15 is 0 Å². The summed E-state index contributed by atoms with van der Waals surface area (Å²) < 4.78 is 5.11. The first-order valence-electron chi connectivity index (χ1n) is 8.98. The number of ether oxygens (including phenoxy) is 1. The van der Waals surface area contributed by atoms with Gasteiger partial charge in [-0.1, -0.05) is 60.7 Å². The van der Waals surface area contributed by atoms with Crippen LogP contribution in [-0.4, -0.2) is 23.5 Å². The SMILES string of the molecule is CCOC(=O)/C=C1\CCC(Cc2ccccc2)N1Cc1ccccc1. The van der Waals surface area contributed by atoms with E-state index in [1.807, 2.05) is 19.1 Å². The van der Waals surface area contributed by atoms with Gasteiger partial charge in [0, 0.05) is 24.4 Å². The summed E-state index contributed by atoms with van der Waals surface area (Å²) in [6.07, 6.45) is 4.65. The maximum absolute atomic E-state index is 11.9. The molecule has 3 nitrogen and oxygen atoms in total. The molecule has 3 rings (SSSR count). The zero-order valence-electron chi connectivity index (χ0n) is 14.7. The standard InChI is InChI=1S/C22H25NO2/c1-2-25-22(24)16-21-14-13-20(15-18-9-5-3-6-10-18)23(21)17-19-11-7-4-8-12-19/h3-12,16,20H,2,13-15,17H2,1H3/b21-16+. The van der Waals surface area contributed by atoms with Crippen LogP contribution in [0.15, 0.2) is 72.4 Å². The number of hydrogen-bond donors (Lipinski definition) is 0. The Bertz CT molecular complexity index is 709. The van der Waals surface area contributed by atoms with Gasteiger partial charge in [0.05, 0.1) is 6.61 Å². The van der Waals surface area contributed by atoms with Crippen molar-refractivity contribution in [2.24, 2.45) is 0 Å². The van der Waals surface area contributed by atoms with Crippen LogP contribution in [0.25, 0.3) is 0 Å². The molecule has 0 radical (unpaired) electrons. The van der Waals surface area contributed by atoms with Crippen LogP contribution in [0.5, 0.6) is 0 Å². The summed E-state index contributed by atoms with van der Waals surface area (Å²) in [4.78, 5) is 14.3. The van der Waals surface area contributed by atoms with Crippen LogP contribution < -0.4 is 0 Å². The first-order valence-corrected chi connectivity index (χ1v) is 8.98. The molecule has 1 atom stereocenters. The third kappa shape index (κ3) is 4.72. The van der Waals surface area contributed by atoms with Gasteiger partial charge in [-0.3, -0.25) is 0 Å². The van der Waals surface area contributed by atoms with Crippen molar-refractivity contribution in [3.8, 4) is 0 Å². The van der Waals surface area contributed by atoms with E-state index in [2.05, 4.69) is 53.4 Å². The summed E-state index contributed by atoms with van der Waals surface area (Å²) in [6, 6.07) is 21.4. The number of esters is 1. The highest BCUT2D eigenvalue weighted by molar-refractivity contribution is 5.82. The zero-order valence-corrected chi connectivity index (χ0v) is 14.7. The van der Waals surface area contributed by atoms with Crippen LogP contribution in [0.2, 0.25) is 0 Å². The third-order valence-electron chi connectivity index (χ3n) is 4.62. The molecular weight excluding hydrogens is 310 g/mol. The molecule has 0 amide bonds. The first kappa shape index (κ1) is 17.3. The monoisotopic (exact) mass is 335 g/mol. The van der Waals surface area contributed by atoms with Crippen molar-refractivity contribution < 1.29 is 9.53 Å². The number of nitrogens with zero attached hydrogens (tertiary/aromatic N) is 1. The van der Waals surface area contributed by atoms with Gasteiger partial charge in [0.15, 0.2) is 0 Å². The number of hydrogen-bond acceptors (Lipinski definition) is 3. The normalized spacial score (nSPS) is 18.5. The molecule has 2 aromatic rings. The van der Waals surface area contributed by atoms with E-state index in [0.717, 1.165) is 31.5 Å². The van der Waals surface area contributed by atoms with Gasteiger partial charge in [0.1, 0.15) is 0 Å². The van der Waals surface area contributed by atoms with E-state index in [4.69, 9.17) is 4.74 Å². The number of carbonyl (C=O) groups is 1. The van der Waals surface area contributed by atoms with Crippen molar-refractivity contribution in [3.63, 3.8) is 0 Å².